The van der Waals surface area contributed by atoms with E-state index >= 15 is 0 Å². The zero-order valence-corrected chi connectivity index (χ0v) is 13.1. The Kier molecular flexibility index (Phi) is 5.87. The molecule has 0 saturated carbocycles. The molecule has 3 radical (unpaired) electrons. The summed E-state index contributed by atoms with van der Waals surface area (Å²) in [4.78, 5) is 0. The van der Waals surface area contributed by atoms with Gasteiger partial charge in [-0.2, -0.15) is 0 Å². The Morgan fingerprint density at radius 2 is 1.80 bits per heavy atom. The lowest BCUT2D eigenvalue weighted by atomic mass is 10.1. The Balaban J connectivity index is 2.00. The van der Waals surface area contributed by atoms with E-state index in [4.69, 9.17) is 4.74 Å². The average molecular weight is 281 g/mol. The molecule has 0 aliphatic carbocycles. The molecule has 1 nitrogen and oxygen atoms in total. The molecule has 2 rings (SSSR count). The van der Waals surface area contributed by atoms with E-state index in [0.29, 0.717) is 0 Å². The lowest BCUT2D eigenvalue weighted by molar-refractivity contribution is 0.305. The molecule has 0 aromatic heterocycles. The van der Waals surface area contributed by atoms with Crippen molar-refractivity contribution in [2.75, 3.05) is 6.61 Å². The van der Waals surface area contributed by atoms with Gasteiger partial charge >= 0.3 is 0 Å². The van der Waals surface area contributed by atoms with E-state index in [9.17, 15) is 0 Å². The van der Waals surface area contributed by atoms with E-state index in [1.807, 2.05) is 12.1 Å². The van der Waals surface area contributed by atoms with Crippen molar-refractivity contribution < 1.29 is 4.74 Å². The average Bonchev–Trinajstić information content (AvgIpc) is 2.48. The van der Waals surface area contributed by atoms with Crippen molar-refractivity contribution in [1.82, 2.24) is 0 Å². The predicted molar refractivity (Wildman–Crippen MR) is 86.9 cm³/mol. The van der Waals surface area contributed by atoms with Crippen molar-refractivity contribution in [2.45, 2.75) is 32.6 Å². The van der Waals surface area contributed by atoms with Crippen LogP contribution < -0.4 is 9.92 Å². The molecule has 0 spiro atoms. The van der Waals surface area contributed by atoms with Crippen molar-refractivity contribution in [3.05, 3.63) is 48.5 Å². The molecule has 0 aliphatic rings. The van der Waals surface area contributed by atoms with Crippen LogP contribution in [0.25, 0.3) is 11.1 Å². The molecule has 0 fully saturated rings. The monoisotopic (exact) mass is 281 g/mol. The van der Waals surface area contributed by atoms with E-state index in [0.717, 1.165) is 24.0 Å². The first-order chi connectivity index (χ1) is 9.81. The van der Waals surface area contributed by atoms with Crippen LogP contribution >= 0.6 is 0 Å². The molecule has 0 unspecified atom stereocenters. The number of hydrogen-bond donors (Lipinski definition) is 0. The highest BCUT2D eigenvalue weighted by molar-refractivity contribution is 6.35. The number of unbranched alkanes of at least 4 members (excludes halogenated alkanes) is 3. The Labute approximate surface area is 125 Å². The van der Waals surface area contributed by atoms with Gasteiger partial charge in [-0.3, -0.25) is 0 Å². The van der Waals surface area contributed by atoms with Gasteiger partial charge in [0.15, 0.2) is 0 Å². The molecule has 0 heterocycles. The van der Waals surface area contributed by atoms with Gasteiger partial charge in [0.05, 0.1) is 16.8 Å². The highest BCUT2D eigenvalue weighted by atomic mass is 28.1. The summed E-state index contributed by atoms with van der Waals surface area (Å²) in [5.74, 6) is 0.953. The van der Waals surface area contributed by atoms with Crippen LogP contribution in [0.15, 0.2) is 48.5 Å². The van der Waals surface area contributed by atoms with Gasteiger partial charge < -0.3 is 4.74 Å². The highest BCUT2D eigenvalue weighted by Gasteiger charge is 2.02. The van der Waals surface area contributed by atoms with Gasteiger partial charge in [0.1, 0.15) is 5.75 Å². The minimum Gasteiger partial charge on any atom is -0.494 e. The summed E-state index contributed by atoms with van der Waals surface area (Å²) in [5.41, 5.74) is 2.38. The minimum atomic E-state index is 0.805. The van der Waals surface area contributed by atoms with Crippen LogP contribution in [-0.4, -0.2) is 16.8 Å². The number of benzene rings is 2. The third-order valence-electron chi connectivity index (χ3n) is 3.34. The van der Waals surface area contributed by atoms with Crippen LogP contribution in [0, 0.1) is 0 Å². The topological polar surface area (TPSA) is 9.23 Å². The molecule has 0 aliphatic heterocycles. The highest BCUT2D eigenvalue weighted by Crippen LogP contribution is 2.22. The Bertz CT molecular complexity index is 536. The van der Waals surface area contributed by atoms with Crippen molar-refractivity contribution in [3.63, 3.8) is 0 Å². The van der Waals surface area contributed by atoms with E-state index in [1.165, 1.54) is 30.4 Å². The lowest BCUT2D eigenvalue weighted by Gasteiger charge is -2.09. The van der Waals surface area contributed by atoms with E-state index in [1.54, 1.807) is 0 Å². The van der Waals surface area contributed by atoms with Crippen LogP contribution in [0.4, 0.5) is 0 Å². The van der Waals surface area contributed by atoms with Gasteiger partial charge in [0.25, 0.3) is 0 Å². The van der Waals surface area contributed by atoms with Crippen LogP contribution in [-0.2, 0) is 0 Å². The second-order valence-electron chi connectivity index (χ2n) is 4.98. The fourth-order valence-corrected chi connectivity index (χ4v) is 2.53. The van der Waals surface area contributed by atoms with Crippen LogP contribution in [0.5, 0.6) is 5.75 Å². The number of hydrogen-bond acceptors (Lipinski definition) is 1. The summed E-state index contributed by atoms with van der Waals surface area (Å²) in [6.45, 7) is 3.03. The molecule has 0 bridgehead atoms. The van der Waals surface area contributed by atoms with Gasteiger partial charge in [0, 0.05) is 0 Å². The Morgan fingerprint density at radius 3 is 2.60 bits per heavy atom. The third-order valence-corrected chi connectivity index (χ3v) is 3.77. The summed E-state index contributed by atoms with van der Waals surface area (Å²) >= 11 is 0. The first kappa shape index (κ1) is 14.9. The van der Waals surface area contributed by atoms with Crippen LogP contribution in [0.1, 0.15) is 32.6 Å². The number of rotatable bonds is 7. The molecule has 2 aromatic carbocycles. The maximum absolute atomic E-state index is 5.84. The van der Waals surface area contributed by atoms with Crippen molar-refractivity contribution >= 4 is 15.4 Å². The predicted octanol–water partition coefficient (Wildman–Crippen LogP) is 4.11. The summed E-state index contributed by atoms with van der Waals surface area (Å²) in [6, 6.07) is 16.6. The zero-order valence-electron chi connectivity index (χ0n) is 12.1. The molecule has 0 atom stereocenters. The molecule has 2 aromatic rings. The van der Waals surface area contributed by atoms with Crippen molar-refractivity contribution in [2.24, 2.45) is 0 Å². The molecule has 0 N–H and O–H groups in total. The Morgan fingerprint density at radius 1 is 0.950 bits per heavy atom. The minimum absolute atomic E-state index is 0.805. The summed E-state index contributed by atoms with van der Waals surface area (Å²) in [6.07, 6.45) is 4.93. The van der Waals surface area contributed by atoms with Crippen LogP contribution in [0.3, 0.4) is 0 Å². The second kappa shape index (κ2) is 7.90. The molecule has 0 saturated heterocycles. The fourth-order valence-electron chi connectivity index (χ4n) is 2.21. The van der Waals surface area contributed by atoms with E-state index in [-0.39, 0.29) is 0 Å². The number of ether oxygens (including phenoxy) is 1. The quantitative estimate of drug-likeness (QED) is 0.548. The lowest BCUT2D eigenvalue weighted by Crippen LogP contribution is -2.05. The van der Waals surface area contributed by atoms with Crippen molar-refractivity contribution in [3.8, 4) is 16.9 Å². The molecule has 103 valence electrons. The van der Waals surface area contributed by atoms with Gasteiger partial charge in [0.2, 0.25) is 0 Å². The third kappa shape index (κ3) is 4.24. The van der Waals surface area contributed by atoms with Crippen molar-refractivity contribution in [1.29, 1.82) is 0 Å². The SMILES string of the molecule is CCCCCCOc1cccc(-c2ccccc2[Si])c1. The smallest absolute Gasteiger partial charge is 0.119 e. The van der Waals surface area contributed by atoms with Gasteiger partial charge in [-0.1, -0.05) is 67.8 Å². The maximum atomic E-state index is 5.84. The van der Waals surface area contributed by atoms with Gasteiger partial charge in [-0.05, 0) is 29.7 Å². The first-order valence-electron chi connectivity index (χ1n) is 7.35. The molecular formula is C18H21OSi. The molecular weight excluding hydrogens is 260 g/mol. The second-order valence-corrected chi connectivity index (χ2v) is 5.52. The molecule has 20 heavy (non-hydrogen) atoms. The van der Waals surface area contributed by atoms with Crippen LogP contribution in [0.2, 0.25) is 0 Å². The maximum Gasteiger partial charge on any atom is 0.119 e. The normalized spacial score (nSPS) is 10.5. The fraction of sp³-hybridized carbons (Fsp3) is 0.333. The Hall–Kier alpha value is -1.54. The van der Waals surface area contributed by atoms with E-state index < -0.39 is 0 Å². The summed E-state index contributed by atoms with van der Waals surface area (Å²) in [7, 11) is 3.65. The molecule has 0 amide bonds. The van der Waals surface area contributed by atoms with Gasteiger partial charge in [-0.25, -0.2) is 0 Å². The summed E-state index contributed by atoms with van der Waals surface area (Å²) in [5, 5.41) is 1.10. The zero-order chi connectivity index (χ0) is 14.2. The standard InChI is InChI=1S/C18H21OSi/c1-2-3-4-7-13-19-16-10-8-9-15(14-16)17-11-5-6-12-18(17)20/h5-6,8-12,14H,2-4,7,13H2,1H3. The molecule has 2 heteroatoms. The first-order valence-corrected chi connectivity index (χ1v) is 7.85. The van der Waals surface area contributed by atoms with Gasteiger partial charge in [-0.15, -0.1) is 0 Å². The largest absolute Gasteiger partial charge is 0.494 e. The summed E-state index contributed by atoms with van der Waals surface area (Å²) < 4.78 is 5.84. The van der Waals surface area contributed by atoms with E-state index in [2.05, 4.69) is 53.6 Å².